The molecule has 4 rings (SSSR count). The van der Waals surface area contributed by atoms with Crippen molar-refractivity contribution in [2.24, 2.45) is 0 Å². The van der Waals surface area contributed by atoms with Crippen LogP contribution in [0, 0.1) is 0 Å². The predicted octanol–water partition coefficient (Wildman–Crippen LogP) is 4.54. The summed E-state index contributed by atoms with van der Waals surface area (Å²) in [5.41, 5.74) is 2.45. The zero-order chi connectivity index (χ0) is 19.7. The molecule has 5 heteroatoms. The van der Waals surface area contributed by atoms with E-state index in [2.05, 4.69) is 5.32 Å². The van der Waals surface area contributed by atoms with Gasteiger partial charge in [0.1, 0.15) is 0 Å². The number of benzene rings is 2. The van der Waals surface area contributed by atoms with Crippen LogP contribution in [-0.4, -0.2) is 23.8 Å². The van der Waals surface area contributed by atoms with E-state index in [4.69, 9.17) is 0 Å². The molecule has 4 nitrogen and oxygen atoms in total. The maximum atomic E-state index is 13.5. The number of amides is 2. The van der Waals surface area contributed by atoms with Crippen LogP contribution in [0.5, 0.6) is 0 Å². The lowest BCUT2D eigenvalue weighted by molar-refractivity contribution is -0.124. The van der Waals surface area contributed by atoms with E-state index in [1.807, 2.05) is 73.0 Å². The zero-order valence-electron chi connectivity index (χ0n) is 15.8. The topological polar surface area (TPSA) is 49.4 Å². The Morgan fingerprint density at radius 3 is 2.46 bits per heavy atom. The minimum Gasteiger partial charge on any atom is -0.349 e. The average molecular weight is 391 g/mol. The Morgan fingerprint density at radius 2 is 1.75 bits per heavy atom. The second kappa shape index (κ2) is 7.60. The van der Waals surface area contributed by atoms with Crippen molar-refractivity contribution in [3.63, 3.8) is 0 Å². The molecule has 0 fully saturated rings. The van der Waals surface area contributed by atoms with E-state index in [9.17, 15) is 9.59 Å². The maximum absolute atomic E-state index is 13.5. The average Bonchev–Trinajstić information content (AvgIpc) is 3.25. The van der Waals surface area contributed by atoms with E-state index in [0.717, 1.165) is 16.0 Å². The van der Waals surface area contributed by atoms with E-state index >= 15 is 0 Å². The van der Waals surface area contributed by atoms with Crippen molar-refractivity contribution in [1.29, 1.82) is 0 Å². The smallest absolute Gasteiger partial charge is 0.254 e. The number of hydrogen-bond acceptors (Lipinski definition) is 3. The molecule has 0 unspecified atom stereocenters. The van der Waals surface area contributed by atoms with Crippen molar-refractivity contribution in [3.05, 3.63) is 93.7 Å². The second-order valence-electron chi connectivity index (χ2n) is 7.08. The highest BCUT2D eigenvalue weighted by atomic mass is 32.1. The lowest BCUT2D eigenvalue weighted by atomic mass is 9.81. The first-order valence-electron chi connectivity index (χ1n) is 9.32. The van der Waals surface area contributed by atoms with Gasteiger partial charge in [-0.2, -0.15) is 0 Å². The summed E-state index contributed by atoms with van der Waals surface area (Å²) in [4.78, 5) is 29.1. The van der Waals surface area contributed by atoms with Gasteiger partial charge in [0, 0.05) is 17.5 Å². The third kappa shape index (κ3) is 3.22. The minimum absolute atomic E-state index is 0.0471. The van der Waals surface area contributed by atoms with Crippen LogP contribution in [0.4, 0.5) is 0 Å². The Kier molecular flexibility index (Phi) is 5.01. The lowest BCUT2D eigenvalue weighted by Crippen LogP contribution is -2.45. The molecule has 0 radical (unpaired) electrons. The highest BCUT2D eigenvalue weighted by molar-refractivity contribution is 7.10. The van der Waals surface area contributed by atoms with Gasteiger partial charge in [0.05, 0.1) is 18.0 Å². The first-order valence-corrected chi connectivity index (χ1v) is 10.2. The van der Waals surface area contributed by atoms with E-state index in [1.54, 1.807) is 29.4 Å². The molecule has 0 spiro atoms. The Morgan fingerprint density at radius 1 is 1.04 bits per heavy atom. The number of nitrogens with zero attached hydrogens (tertiary/aromatic N) is 1. The molecule has 1 N–H and O–H groups in total. The van der Waals surface area contributed by atoms with Gasteiger partial charge in [0.15, 0.2) is 0 Å². The van der Waals surface area contributed by atoms with Crippen molar-refractivity contribution in [3.8, 4) is 0 Å². The van der Waals surface area contributed by atoms with Gasteiger partial charge in [-0.1, -0.05) is 54.6 Å². The summed E-state index contributed by atoms with van der Waals surface area (Å²) < 4.78 is 0. The number of thiophene rings is 1. The molecule has 28 heavy (non-hydrogen) atoms. The minimum atomic E-state index is -0.455. The molecule has 1 aliphatic rings. The molecule has 0 saturated carbocycles. The van der Waals surface area contributed by atoms with Crippen LogP contribution in [-0.2, 0) is 4.79 Å². The molecule has 1 aromatic heterocycles. The van der Waals surface area contributed by atoms with Crippen molar-refractivity contribution < 1.29 is 9.59 Å². The molecule has 2 heterocycles. The number of carbonyl (C=O) groups excluding carboxylic acids is 2. The van der Waals surface area contributed by atoms with Crippen LogP contribution in [0.1, 0.15) is 51.3 Å². The van der Waals surface area contributed by atoms with Crippen molar-refractivity contribution in [1.82, 2.24) is 10.2 Å². The lowest BCUT2D eigenvalue weighted by Gasteiger charge is -2.39. The highest BCUT2D eigenvalue weighted by Crippen LogP contribution is 2.43. The molecule has 2 amide bonds. The van der Waals surface area contributed by atoms with E-state index in [1.165, 1.54) is 0 Å². The van der Waals surface area contributed by atoms with Crippen LogP contribution in [0.2, 0.25) is 0 Å². The fourth-order valence-electron chi connectivity index (χ4n) is 3.90. The van der Waals surface area contributed by atoms with E-state index in [-0.39, 0.29) is 23.9 Å². The molecular formula is C23H22N2O2S. The second-order valence-corrected chi connectivity index (χ2v) is 8.06. The van der Waals surface area contributed by atoms with Gasteiger partial charge in [-0.05, 0) is 35.6 Å². The Bertz CT molecular complexity index is 985. The van der Waals surface area contributed by atoms with Gasteiger partial charge in [0.25, 0.3) is 5.91 Å². The molecule has 2 aromatic carbocycles. The Labute approximate surface area is 168 Å². The summed E-state index contributed by atoms with van der Waals surface area (Å²) in [6.07, 6.45) is 0. The number of fused-ring (bicyclic) bond motifs is 1. The summed E-state index contributed by atoms with van der Waals surface area (Å²) in [7, 11) is 1.78. The van der Waals surface area contributed by atoms with Gasteiger partial charge >= 0.3 is 0 Å². The maximum Gasteiger partial charge on any atom is 0.254 e. The molecule has 0 saturated heterocycles. The van der Waals surface area contributed by atoms with E-state index < -0.39 is 5.92 Å². The first-order chi connectivity index (χ1) is 13.6. The van der Waals surface area contributed by atoms with Gasteiger partial charge in [-0.3, -0.25) is 9.59 Å². The van der Waals surface area contributed by atoms with Gasteiger partial charge in [-0.25, -0.2) is 0 Å². The number of nitrogens with one attached hydrogen (secondary N) is 1. The van der Waals surface area contributed by atoms with Crippen LogP contribution in [0.25, 0.3) is 0 Å². The summed E-state index contributed by atoms with van der Waals surface area (Å²) >= 11 is 1.57. The summed E-state index contributed by atoms with van der Waals surface area (Å²) in [6, 6.07) is 20.9. The van der Waals surface area contributed by atoms with Crippen LogP contribution < -0.4 is 5.32 Å². The van der Waals surface area contributed by atoms with Crippen LogP contribution in [0.15, 0.2) is 72.1 Å². The summed E-state index contributed by atoms with van der Waals surface area (Å²) in [5, 5.41) is 5.14. The van der Waals surface area contributed by atoms with Crippen molar-refractivity contribution in [2.45, 2.75) is 24.9 Å². The summed E-state index contributed by atoms with van der Waals surface area (Å²) in [5.74, 6) is -0.570. The standard InChI is InChI=1S/C23H22N2O2S/c1-15(16-9-4-3-5-10-16)24-22(26)20-17-11-6-7-12-18(17)23(27)25(2)21(20)19-13-8-14-28-19/h3-15,20-21H,1-2H3,(H,24,26)/t15-,20+,21+/m0/s1. The van der Waals surface area contributed by atoms with Crippen molar-refractivity contribution >= 4 is 23.2 Å². The van der Waals surface area contributed by atoms with Crippen LogP contribution in [0.3, 0.4) is 0 Å². The summed E-state index contributed by atoms with van der Waals surface area (Å²) in [6.45, 7) is 1.98. The molecule has 3 aromatic rings. The fourth-order valence-corrected chi connectivity index (χ4v) is 4.81. The monoisotopic (exact) mass is 390 g/mol. The van der Waals surface area contributed by atoms with Crippen molar-refractivity contribution in [2.75, 3.05) is 7.05 Å². The molecule has 1 aliphatic heterocycles. The number of hydrogen-bond donors (Lipinski definition) is 1. The molecule has 142 valence electrons. The Balaban J connectivity index is 1.73. The first kappa shape index (κ1) is 18.4. The fraction of sp³-hybridized carbons (Fsp3) is 0.217. The normalized spacial score (nSPS) is 19.8. The molecule has 3 atom stereocenters. The zero-order valence-corrected chi connectivity index (χ0v) is 16.6. The number of carbonyl (C=O) groups is 2. The third-order valence-electron chi connectivity index (χ3n) is 5.36. The molecule has 0 aliphatic carbocycles. The van der Waals surface area contributed by atoms with Gasteiger partial charge in [-0.15, -0.1) is 11.3 Å². The van der Waals surface area contributed by atoms with E-state index in [0.29, 0.717) is 5.56 Å². The number of rotatable bonds is 4. The molecular weight excluding hydrogens is 368 g/mol. The SMILES string of the molecule is C[C@H](NC(=O)[C@@H]1c2ccccc2C(=O)N(C)[C@@H]1c1cccs1)c1ccccc1. The van der Waals surface area contributed by atoms with Crippen LogP contribution >= 0.6 is 11.3 Å². The number of likely N-dealkylation sites (N-methyl/N-ethyl adjacent to an activating group) is 1. The Hall–Kier alpha value is -2.92. The van der Waals surface area contributed by atoms with Gasteiger partial charge < -0.3 is 10.2 Å². The quantitative estimate of drug-likeness (QED) is 0.711. The van der Waals surface area contributed by atoms with Gasteiger partial charge in [0.2, 0.25) is 5.91 Å². The molecule has 0 bridgehead atoms. The third-order valence-corrected chi connectivity index (χ3v) is 6.30. The predicted molar refractivity (Wildman–Crippen MR) is 111 cm³/mol. The largest absolute Gasteiger partial charge is 0.349 e. The highest BCUT2D eigenvalue weighted by Gasteiger charge is 2.43.